The lowest BCUT2D eigenvalue weighted by atomic mass is 10.2. The van der Waals surface area contributed by atoms with Gasteiger partial charge < -0.3 is 10.5 Å². The minimum absolute atomic E-state index is 0.0818. The van der Waals surface area contributed by atoms with E-state index in [0.29, 0.717) is 12.0 Å². The van der Waals surface area contributed by atoms with Gasteiger partial charge in [0.05, 0.1) is 6.61 Å². The zero-order chi connectivity index (χ0) is 11.3. The molecule has 0 aliphatic carbocycles. The molecule has 1 aromatic carbocycles. The van der Waals surface area contributed by atoms with Crippen LogP contribution in [0.25, 0.3) is 0 Å². The van der Waals surface area contributed by atoms with Gasteiger partial charge in [-0.25, -0.2) is 8.78 Å². The second kappa shape index (κ2) is 5.32. The van der Waals surface area contributed by atoms with E-state index in [1.807, 2.05) is 0 Å². The number of nitrogens with two attached hydrogens (primary N) is 1. The quantitative estimate of drug-likeness (QED) is 0.609. The van der Waals surface area contributed by atoms with E-state index < -0.39 is 17.4 Å². The van der Waals surface area contributed by atoms with Crippen LogP contribution < -0.4 is 10.5 Å². The minimum atomic E-state index is -0.757. The molecule has 0 fully saturated rings. The molecule has 0 unspecified atom stereocenters. The number of terminal acetylenes is 1. The van der Waals surface area contributed by atoms with E-state index in [2.05, 4.69) is 5.92 Å². The van der Waals surface area contributed by atoms with Gasteiger partial charge in [-0.05, 0) is 17.7 Å². The third-order valence-electron chi connectivity index (χ3n) is 1.79. The highest BCUT2D eigenvalue weighted by Gasteiger charge is 2.11. The van der Waals surface area contributed by atoms with E-state index in [1.165, 1.54) is 0 Å². The molecule has 2 N–H and O–H groups in total. The number of halogens is 2. The molecular formula is C11H11F2NO. The lowest BCUT2D eigenvalue weighted by Crippen LogP contribution is -2.04. The number of benzene rings is 1. The Labute approximate surface area is 87.0 Å². The molecule has 0 atom stereocenters. The van der Waals surface area contributed by atoms with Gasteiger partial charge >= 0.3 is 0 Å². The lowest BCUT2D eigenvalue weighted by Gasteiger charge is -2.08. The molecule has 1 aromatic rings. The molecule has 0 aromatic heterocycles. The second-order valence-electron chi connectivity index (χ2n) is 2.90. The van der Waals surface area contributed by atoms with Crippen molar-refractivity contribution >= 4 is 0 Å². The largest absolute Gasteiger partial charge is 0.487 e. The average Bonchev–Trinajstić information content (AvgIpc) is 2.22. The van der Waals surface area contributed by atoms with Gasteiger partial charge in [0.2, 0.25) is 0 Å². The van der Waals surface area contributed by atoms with Crippen LogP contribution in [0.5, 0.6) is 5.75 Å². The zero-order valence-corrected chi connectivity index (χ0v) is 8.09. The molecule has 4 heteroatoms. The van der Waals surface area contributed by atoms with E-state index in [9.17, 15) is 8.78 Å². The first kappa shape index (κ1) is 11.5. The number of rotatable bonds is 4. The third-order valence-corrected chi connectivity index (χ3v) is 1.79. The minimum Gasteiger partial charge on any atom is -0.487 e. The van der Waals surface area contributed by atoms with Crippen LogP contribution in [0.3, 0.4) is 0 Å². The van der Waals surface area contributed by atoms with Crippen LogP contribution in [0.15, 0.2) is 12.1 Å². The van der Waals surface area contributed by atoms with Crippen LogP contribution in [-0.2, 0) is 6.54 Å². The maximum atomic E-state index is 13.3. The topological polar surface area (TPSA) is 35.2 Å². The highest BCUT2D eigenvalue weighted by molar-refractivity contribution is 5.31. The Hall–Kier alpha value is -1.60. The van der Waals surface area contributed by atoms with Gasteiger partial charge in [-0.2, -0.15) is 0 Å². The molecule has 0 saturated heterocycles. The van der Waals surface area contributed by atoms with Gasteiger partial charge in [-0.1, -0.05) is 0 Å². The molecule has 80 valence electrons. The van der Waals surface area contributed by atoms with Crippen molar-refractivity contribution in [2.24, 2.45) is 5.73 Å². The molecular weight excluding hydrogens is 200 g/mol. The van der Waals surface area contributed by atoms with Crippen LogP contribution in [0.2, 0.25) is 0 Å². The van der Waals surface area contributed by atoms with Gasteiger partial charge in [0, 0.05) is 13.0 Å². The molecule has 0 spiro atoms. The molecule has 0 saturated carbocycles. The Balaban J connectivity index is 2.84. The molecule has 0 bridgehead atoms. The summed E-state index contributed by atoms with van der Waals surface area (Å²) in [6.45, 7) is 0.171. The van der Waals surface area contributed by atoms with E-state index in [-0.39, 0.29) is 13.2 Å². The molecule has 2 nitrogen and oxygen atoms in total. The van der Waals surface area contributed by atoms with Gasteiger partial charge in [0.1, 0.15) is 0 Å². The Morgan fingerprint density at radius 1 is 1.33 bits per heavy atom. The first-order valence-electron chi connectivity index (χ1n) is 4.43. The van der Waals surface area contributed by atoms with Crippen LogP contribution in [-0.4, -0.2) is 6.61 Å². The van der Waals surface area contributed by atoms with Crippen LogP contribution in [0.4, 0.5) is 8.78 Å². The highest BCUT2D eigenvalue weighted by Crippen LogP contribution is 2.23. The fraction of sp³-hybridized carbons (Fsp3) is 0.273. The smallest absolute Gasteiger partial charge is 0.190 e. The van der Waals surface area contributed by atoms with Crippen molar-refractivity contribution in [3.8, 4) is 18.1 Å². The predicted octanol–water partition coefficient (Wildman–Crippen LogP) is 1.83. The van der Waals surface area contributed by atoms with Gasteiger partial charge in [0.15, 0.2) is 17.4 Å². The lowest BCUT2D eigenvalue weighted by molar-refractivity contribution is 0.292. The zero-order valence-electron chi connectivity index (χ0n) is 8.09. The summed E-state index contributed by atoms with van der Waals surface area (Å²) in [5, 5.41) is 0. The number of hydrogen-bond donors (Lipinski definition) is 1. The van der Waals surface area contributed by atoms with Crippen molar-refractivity contribution in [1.82, 2.24) is 0 Å². The second-order valence-corrected chi connectivity index (χ2v) is 2.90. The summed E-state index contributed by atoms with van der Waals surface area (Å²) in [5.74, 6) is 0.395. The molecule has 0 aliphatic heterocycles. The highest BCUT2D eigenvalue weighted by atomic mass is 19.1. The van der Waals surface area contributed by atoms with Crippen molar-refractivity contribution < 1.29 is 13.5 Å². The van der Waals surface area contributed by atoms with E-state index in [1.54, 1.807) is 0 Å². The maximum absolute atomic E-state index is 13.3. The Bertz CT molecular complexity index is 362. The summed E-state index contributed by atoms with van der Waals surface area (Å²) < 4.78 is 31.4. The van der Waals surface area contributed by atoms with E-state index in [4.69, 9.17) is 16.9 Å². The van der Waals surface area contributed by atoms with Crippen molar-refractivity contribution in [2.75, 3.05) is 6.61 Å². The average molecular weight is 211 g/mol. The normalized spacial score (nSPS) is 9.73. The summed E-state index contributed by atoms with van der Waals surface area (Å²) in [7, 11) is 0. The first-order valence-corrected chi connectivity index (χ1v) is 4.43. The van der Waals surface area contributed by atoms with Gasteiger partial charge in [-0.3, -0.25) is 0 Å². The van der Waals surface area contributed by atoms with Crippen LogP contribution >= 0.6 is 0 Å². The predicted molar refractivity (Wildman–Crippen MR) is 53.2 cm³/mol. The SMILES string of the molecule is C#CCCOc1c(F)cc(CN)cc1F. The van der Waals surface area contributed by atoms with Crippen LogP contribution in [0, 0.1) is 24.0 Å². The summed E-state index contributed by atoms with van der Waals surface area (Å²) in [5.41, 5.74) is 5.64. The molecule has 0 amide bonds. The van der Waals surface area contributed by atoms with Gasteiger partial charge in [-0.15, -0.1) is 12.3 Å². The van der Waals surface area contributed by atoms with Crippen molar-refractivity contribution in [3.63, 3.8) is 0 Å². The van der Waals surface area contributed by atoms with E-state index in [0.717, 1.165) is 12.1 Å². The standard InChI is InChI=1S/C11H11F2NO/c1-2-3-4-15-11-9(12)5-8(7-14)6-10(11)13/h1,5-6H,3-4,7,14H2. The van der Waals surface area contributed by atoms with Crippen molar-refractivity contribution in [1.29, 1.82) is 0 Å². The third kappa shape index (κ3) is 2.93. The van der Waals surface area contributed by atoms with Gasteiger partial charge in [0.25, 0.3) is 0 Å². The molecule has 0 aliphatic rings. The fourth-order valence-electron chi connectivity index (χ4n) is 1.08. The molecule has 0 heterocycles. The van der Waals surface area contributed by atoms with Crippen LogP contribution in [0.1, 0.15) is 12.0 Å². The number of hydrogen-bond acceptors (Lipinski definition) is 2. The fourth-order valence-corrected chi connectivity index (χ4v) is 1.08. The monoisotopic (exact) mass is 211 g/mol. The van der Waals surface area contributed by atoms with Crippen molar-refractivity contribution in [3.05, 3.63) is 29.3 Å². The summed E-state index contributed by atoms with van der Waals surface area (Å²) in [6, 6.07) is 2.29. The number of ether oxygens (including phenoxy) is 1. The summed E-state index contributed by atoms with van der Waals surface area (Å²) in [6.07, 6.45) is 5.28. The molecule has 15 heavy (non-hydrogen) atoms. The first-order chi connectivity index (χ1) is 7.19. The maximum Gasteiger partial charge on any atom is 0.190 e. The van der Waals surface area contributed by atoms with Crippen molar-refractivity contribution in [2.45, 2.75) is 13.0 Å². The Morgan fingerprint density at radius 2 is 1.93 bits per heavy atom. The van der Waals surface area contributed by atoms with E-state index >= 15 is 0 Å². The Kier molecular flexibility index (Phi) is 4.07. The summed E-state index contributed by atoms with van der Waals surface area (Å²) >= 11 is 0. The molecule has 0 radical (unpaired) electrons. The Morgan fingerprint density at radius 3 is 2.40 bits per heavy atom. The summed E-state index contributed by atoms with van der Waals surface area (Å²) in [4.78, 5) is 0. The molecule has 1 rings (SSSR count).